The molecule has 0 aliphatic heterocycles. The standard InChI is InChI=1S/C24H18O/c25-19-13-12-16-8-5-11-22(23(16)15-19)24-20-9-3-1-6-17(20)14-18-7-2-4-10-21(18)24/h1-11,14H,12-13,15H2. The van der Waals surface area contributed by atoms with Gasteiger partial charge in [0.25, 0.3) is 0 Å². The van der Waals surface area contributed by atoms with E-state index < -0.39 is 0 Å². The monoisotopic (exact) mass is 322 g/mol. The summed E-state index contributed by atoms with van der Waals surface area (Å²) in [5, 5.41) is 5.01. The molecular formula is C24H18O. The Morgan fingerprint density at radius 3 is 2.08 bits per heavy atom. The van der Waals surface area contributed by atoms with Gasteiger partial charge in [-0.05, 0) is 56.3 Å². The maximum absolute atomic E-state index is 12.1. The molecule has 0 aromatic heterocycles. The molecule has 0 heterocycles. The molecule has 0 saturated heterocycles. The summed E-state index contributed by atoms with van der Waals surface area (Å²) in [6, 6.07) is 25.9. The van der Waals surface area contributed by atoms with Crippen molar-refractivity contribution in [3.8, 4) is 11.1 Å². The van der Waals surface area contributed by atoms with E-state index in [1.165, 1.54) is 43.8 Å². The second-order valence-electron chi connectivity index (χ2n) is 6.85. The van der Waals surface area contributed by atoms with Crippen LogP contribution < -0.4 is 0 Å². The lowest BCUT2D eigenvalue weighted by molar-refractivity contribution is -0.118. The van der Waals surface area contributed by atoms with Crippen LogP contribution in [-0.4, -0.2) is 5.78 Å². The highest BCUT2D eigenvalue weighted by atomic mass is 16.1. The molecule has 1 aliphatic rings. The molecule has 0 fully saturated rings. The van der Waals surface area contributed by atoms with Crippen molar-refractivity contribution in [1.82, 2.24) is 0 Å². The van der Waals surface area contributed by atoms with Crippen LogP contribution in [0.3, 0.4) is 0 Å². The number of fused-ring (bicyclic) bond motifs is 3. The Hall–Kier alpha value is -2.93. The van der Waals surface area contributed by atoms with E-state index in [1.807, 2.05) is 0 Å². The number of benzene rings is 4. The summed E-state index contributed by atoms with van der Waals surface area (Å²) in [6.45, 7) is 0. The molecule has 5 rings (SSSR count). The van der Waals surface area contributed by atoms with E-state index in [1.54, 1.807) is 0 Å². The lowest BCUT2D eigenvalue weighted by atomic mass is 9.82. The molecule has 4 aromatic carbocycles. The predicted octanol–water partition coefficient (Wildman–Crippen LogP) is 5.72. The lowest BCUT2D eigenvalue weighted by Gasteiger charge is -2.21. The van der Waals surface area contributed by atoms with E-state index in [4.69, 9.17) is 0 Å². The Kier molecular flexibility index (Phi) is 3.21. The normalized spacial score (nSPS) is 14.0. The van der Waals surface area contributed by atoms with E-state index in [0.717, 1.165) is 6.42 Å². The molecule has 25 heavy (non-hydrogen) atoms. The molecule has 1 aliphatic carbocycles. The third kappa shape index (κ3) is 2.27. The summed E-state index contributed by atoms with van der Waals surface area (Å²) in [7, 11) is 0. The average Bonchev–Trinajstić information content (AvgIpc) is 2.66. The van der Waals surface area contributed by atoms with Crippen molar-refractivity contribution in [2.75, 3.05) is 0 Å². The number of ketones is 1. The van der Waals surface area contributed by atoms with Gasteiger partial charge >= 0.3 is 0 Å². The number of carbonyl (C=O) groups excluding carboxylic acids is 1. The van der Waals surface area contributed by atoms with E-state index in [-0.39, 0.29) is 0 Å². The third-order valence-electron chi connectivity index (χ3n) is 5.36. The fraction of sp³-hybridized carbons (Fsp3) is 0.125. The van der Waals surface area contributed by atoms with Crippen molar-refractivity contribution in [2.24, 2.45) is 0 Å². The Morgan fingerprint density at radius 2 is 1.36 bits per heavy atom. The van der Waals surface area contributed by atoms with Gasteiger partial charge < -0.3 is 0 Å². The topological polar surface area (TPSA) is 17.1 Å². The minimum absolute atomic E-state index is 0.351. The SMILES string of the molecule is O=C1CCc2cccc(-c3c4ccccc4cc4ccccc34)c2C1. The predicted molar refractivity (Wildman–Crippen MR) is 104 cm³/mol. The molecule has 4 aromatic rings. The Morgan fingerprint density at radius 1 is 0.680 bits per heavy atom. The number of aryl methyl sites for hydroxylation is 1. The highest BCUT2D eigenvalue weighted by Crippen LogP contribution is 2.39. The molecule has 120 valence electrons. The van der Waals surface area contributed by atoms with Gasteiger partial charge in [-0.1, -0.05) is 66.7 Å². The largest absolute Gasteiger partial charge is 0.299 e. The number of Topliss-reactive ketones (excluding diaryl/α,β-unsaturated/α-hetero) is 1. The summed E-state index contributed by atoms with van der Waals surface area (Å²) in [6.07, 6.45) is 2.10. The second-order valence-corrected chi connectivity index (χ2v) is 6.85. The van der Waals surface area contributed by atoms with E-state index in [9.17, 15) is 4.79 Å². The highest BCUT2D eigenvalue weighted by Gasteiger charge is 2.21. The van der Waals surface area contributed by atoms with E-state index >= 15 is 0 Å². The van der Waals surface area contributed by atoms with Crippen LogP contribution in [0.5, 0.6) is 0 Å². The maximum Gasteiger partial charge on any atom is 0.137 e. The number of hydrogen-bond acceptors (Lipinski definition) is 1. The van der Waals surface area contributed by atoms with Gasteiger partial charge in [0.15, 0.2) is 0 Å². The van der Waals surface area contributed by atoms with Gasteiger partial charge in [-0.15, -0.1) is 0 Å². The first-order valence-electron chi connectivity index (χ1n) is 8.84. The van der Waals surface area contributed by atoms with Crippen LogP contribution in [0, 0.1) is 0 Å². The fourth-order valence-electron chi connectivity index (χ4n) is 4.18. The van der Waals surface area contributed by atoms with Crippen molar-refractivity contribution in [1.29, 1.82) is 0 Å². The maximum atomic E-state index is 12.1. The van der Waals surface area contributed by atoms with Crippen LogP contribution in [0.1, 0.15) is 17.5 Å². The number of rotatable bonds is 1. The van der Waals surface area contributed by atoms with Crippen LogP contribution in [0.4, 0.5) is 0 Å². The van der Waals surface area contributed by atoms with Gasteiger partial charge in [-0.25, -0.2) is 0 Å². The first-order chi connectivity index (χ1) is 12.3. The van der Waals surface area contributed by atoms with Gasteiger partial charge in [0.2, 0.25) is 0 Å². The van der Waals surface area contributed by atoms with Gasteiger partial charge in [-0.3, -0.25) is 4.79 Å². The molecule has 0 radical (unpaired) electrons. The molecule has 0 N–H and O–H groups in total. The third-order valence-corrected chi connectivity index (χ3v) is 5.36. The van der Waals surface area contributed by atoms with Crippen molar-refractivity contribution < 1.29 is 4.79 Å². The van der Waals surface area contributed by atoms with Crippen LogP contribution >= 0.6 is 0 Å². The summed E-state index contributed by atoms with van der Waals surface area (Å²) < 4.78 is 0. The molecule has 0 unspecified atom stereocenters. The van der Waals surface area contributed by atoms with Crippen molar-refractivity contribution >= 4 is 27.3 Å². The summed E-state index contributed by atoms with van der Waals surface area (Å²) >= 11 is 0. The molecule has 1 heteroatoms. The lowest BCUT2D eigenvalue weighted by Crippen LogP contribution is -2.14. The first kappa shape index (κ1) is 14.4. The van der Waals surface area contributed by atoms with Crippen LogP contribution in [0.2, 0.25) is 0 Å². The summed E-state index contributed by atoms with van der Waals surface area (Å²) in [5.41, 5.74) is 5.04. The van der Waals surface area contributed by atoms with Gasteiger partial charge in [0.05, 0.1) is 0 Å². The van der Waals surface area contributed by atoms with Gasteiger partial charge in [-0.2, -0.15) is 0 Å². The van der Waals surface area contributed by atoms with Crippen LogP contribution in [0.25, 0.3) is 32.7 Å². The summed E-state index contributed by atoms with van der Waals surface area (Å²) in [5.74, 6) is 0.351. The molecule has 0 atom stereocenters. The number of carbonyl (C=O) groups is 1. The van der Waals surface area contributed by atoms with E-state index in [2.05, 4.69) is 72.8 Å². The Balaban J connectivity index is 1.94. The van der Waals surface area contributed by atoms with Crippen molar-refractivity contribution in [2.45, 2.75) is 19.3 Å². The minimum atomic E-state index is 0.351. The Bertz CT molecular complexity index is 1080. The average molecular weight is 322 g/mol. The molecule has 0 bridgehead atoms. The minimum Gasteiger partial charge on any atom is -0.299 e. The molecular weight excluding hydrogens is 304 g/mol. The summed E-state index contributed by atoms with van der Waals surface area (Å²) in [4.78, 5) is 12.1. The zero-order valence-corrected chi connectivity index (χ0v) is 14.0. The zero-order chi connectivity index (χ0) is 16.8. The molecule has 1 nitrogen and oxygen atoms in total. The van der Waals surface area contributed by atoms with Gasteiger partial charge in [0.1, 0.15) is 5.78 Å². The smallest absolute Gasteiger partial charge is 0.137 e. The quantitative estimate of drug-likeness (QED) is 0.410. The van der Waals surface area contributed by atoms with Crippen molar-refractivity contribution in [3.63, 3.8) is 0 Å². The first-order valence-corrected chi connectivity index (χ1v) is 8.84. The van der Waals surface area contributed by atoms with Crippen LogP contribution in [-0.2, 0) is 17.6 Å². The molecule has 0 amide bonds. The molecule has 0 saturated carbocycles. The highest BCUT2D eigenvalue weighted by molar-refractivity contribution is 6.13. The van der Waals surface area contributed by atoms with Crippen molar-refractivity contribution in [3.05, 3.63) is 83.9 Å². The van der Waals surface area contributed by atoms with Crippen LogP contribution in [0.15, 0.2) is 72.8 Å². The molecule has 0 spiro atoms. The second kappa shape index (κ2) is 5.56. The number of hydrogen-bond donors (Lipinski definition) is 0. The Labute approximate surface area is 146 Å². The fourth-order valence-corrected chi connectivity index (χ4v) is 4.18. The van der Waals surface area contributed by atoms with Gasteiger partial charge in [0, 0.05) is 12.8 Å². The zero-order valence-electron chi connectivity index (χ0n) is 14.0. The van der Waals surface area contributed by atoms with E-state index in [0.29, 0.717) is 18.6 Å².